The van der Waals surface area contributed by atoms with Crippen LogP contribution in [0.3, 0.4) is 0 Å². The number of halogens is 3. The Morgan fingerprint density at radius 1 is 1.35 bits per heavy atom. The second-order valence-corrected chi connectivity index (χ2v) is 7.81. The SMILES string of the molecule is Cc1cc(=O)n([C@@H](NC(=O)C(C)(C)C)C(Cl)(Cl)Cl)cn1. The molecule has 0 spiro atoms. The van der Waals surface area contributed by atoms with E-state index >= 15 is 0 Å². The van der Waals surface area contributed by atoms with E-state index in [1.165, 1.54) is 12.4 Å². The van der Waals surface area contributed by atoms with Gasteiger partial charge in [0.1, 0.15) is 0 Å². The van der Waals surface area contributed by atoms with Crippen LogP contribution in [0.5, 0.6) is 0 Å². The number of nitrogens with one attached hydrogen (secondary N) is 1. The summed E-state index contributed by atoms with van der Waals surface area (Å²) in [5, 5.41) is 2.56. The first-order valence-electron chi connectivity index (χ1n) is 5.85. The van der Waals surface area contributed by atoms with Gasteiger partial charge in [-0.15, -0.1) is 0 Å². The van der Waals surface area contributed by atoms with Crippen LogP contribution in [0.1, 0.15) is 32.6 Å². The molecule has 1 aromatic rings. The summed E-state index contributed by atoms with van der Waals surface area (Å²) in [6.07, 6.45) is 0.104. The number of alkyl halides is 3. The van der Waals surface area contributed by atoms with Crippen molar-refractivity contribution >= 4 is 40.7 Å². The Labute approximate surface area is 132 Å². The fraction of sp³-hybridized carbons (Fsp3) is 0.583. The summed E-state index contributed by atoms with van der Waals surface area (Å²) >= 11 is 17.6. The summed E-state index contributed by atoms with van der Waals surface area (Å²) in [7, 11) is 0. The first-order chi connectivity index (χ1) is 8.93. The topological polar surface area (TPSA) is 64.0 Å². The van der Waals surface area contributed by atoms with E-state index in [1.54, 1.807) is 27.7 Å². The Kier molecular flexibility index (Phi) is 5.11. The highest BCUT2D eigenvalue weighted by Gasteiger charge is 2.38. The number of hydrogen-bond donors (Lipinski definition) is 1. The molecule has 0 radical (unpaired) electrons. The number of rotatable bonds is 2. The van der Waals surface area contributed by atoms with Gasteiger partial charge < -0.3 is 5.32 Å². The van der Waals surface area contributed by atoms with E-state index < -0.39 is 20.9 Å². The zero-order valence-corrected chi connectivity index (χ0v) is 13.8. The largest absolute Gasteiger partial charge is 0.331 e. The Morgan fingerprint density at radius 3 is 2.30 bits per heavy atom. The molecule has 0 aliphatic carbocycles. The van der Waals surface area contributed by atoms with Crippen molar-refractivity contribution in [3.63, 3.8) is 0 Å². The van der Waals surface area contributed by atoms with E-state index in [-0.39, 0.29) is 5.91 Å². The zero-order chi connectivity index (χ0) is 15.7. The fourth-order valence-electron chi connectivity index (χ4n) is 1.34. The molecule has 0 aliphatic rings. The van der Waals surface area contributed by atoms with Crippen molar-refractivity contribution in [3.05, 3.63) is 28.4 Å². The van der Waals surface area contributed by atoms with Crippen LogP contribution in [-0.2, 0) is 4.79 Å². The average Bonchev–Trinajstić information content (AvgIpc) is 2.23. The van der Waals surface area contributed by atoms with Gasteiger partial charge in [0, 0.05) is 17.2 Å². The quantitative estimate of drug-likeness (QED) is 0.842. The molecule has 0 aromatic carbocycles. The molecule has 1 amide bonds. The minimum absolute atomic E-state index is 0.346. The first-order valence-corrected chi connectivity index (χ1v) is 6.99. The molecule has 1 N–H and O–H groups in total. The van der Waals surface area contributed by atoms with E-state index in [4.69, 9.17) is 34.8 Å². The predicted molar refractivity (Wildman–Crippen MR) is 80.2 cm³/mol. The van der Waals surface area contributed by atoms with Gasteiger partial charge in [0.25, 0.3) is 5.56 Å². The van der Waals surface area contributed by atoms with Crippen molar-refractivity contribution in [2.24, 2.45) is 5.41 Å². The van der Waals surface area contributed by atoms with Crippen LogP contribution in [0.4, 0.5) is 0 Å². The van der Waals surface area contributed by atoms with Crippen molar-refractivity contribution in [1.82, 2.24) is 14.9 Å². The third-order valence-electron chi connectivity index (χ3n) is 2.51. The molecule has 1 heterocycles. The molecule has 112 valence electrons. The number of carbonyl (C=O) groups excluding carboxylic acids is 1. The van der Waals surface area contributed by atoms with Gasteiger partial charge in [-0.3, -0.25) is 14.2 Å². The second-order valence-electron chi connectivity index (χ2n) is 5.44. The number of carbonyl (C=O) groups is 1. The molecule has 0 bridgehead atoms. The minimum Gasteiger partial charge on any atom is -0.331 e. The molecular formula is C12H16Cl3N3O2. The van der Waals surface area contributed by atoms with Gasteiger partial charge in [0.05, 0.1) is 6.33 Å². The van der Waals surface area contributed by atoms with Crippen molar-refractivity contribution in [1.29, 1.82) is 0 Å². The van der Waals surface area contributed by atoms with Gasteiger partial charge in [-0.2, -0.15) is 0 Å². The van der Waals surface area contributed by atoms with Gasteiger partial charge in [0.2, 0.25) is 9.70 Å². The molecule has 0 saturated heterocycles. The summed E-state index contributed by atoms with van der Waals surface area (Å²) in [6.45, 7) is 6.82. The summed E-state index contributed by atoms with van der Waals surface area (Å²) < 4.78 is -0.800. The normalized spacial score (nSPS) is 13.9. The smallest absolute Gasteiger partial charge is 0.255 e. The van der Waals surface area contributed by atoms with Crippen LogP contribution in [0.25, 0.3) is 0 Å². The van der Waals surface area contributed by atoms with Gasteiger partial charge in [-0.1, -0.05) is 55.6 Å². The Bertz CT molecular complexity index is 558. The standard InChI is InChI=1S/C12H16Cl3N3O2/c1-7-5-8(19)18(6-16-7)9(12(13,14)15)17-10(20)11(2,3)4/h5-6,9H,1-4H3,(H,17,20)/t9-/m1/s1. The second kappa shape index (κ2) is 5.92. The first kappa shape index (κ1) is 17.3. The highest BCUT2D eigenvalue weighted by Crippen LogP contribution is 2.36. The molecule has 0 saturated carbocycles. The molecule has 0 aliphatic heterocycles. The van der Waals surface area contributed by atoms with E-state index in [9.17, 15) is 9.59 Å². The van der Waals surface area contributed by atoms with Crippen LogP contribution in [0.15, 0.2) is 17.2 Å². The van der Waals surface area contributed by atoms with Gasteiger partial charge in [-0.05, 0) is 6.92 Å². The van der Waals surface area contributed by atoms with Crippen molar-refractivity contribution in [2.75, 3.05) is 0 Å². The Balaban J connectivity index is 3.21. The van der Waals surface area contributed by atoms with E-state index in [0.717, 1.165) is 4.57 Å². The Hall–Kier alpha value is -0.780. The highest BCUT2D eigenvalue weighted by molar-refractivity contribution is 6.67. The molecule has 20 heavy (non-hydrogen) atoms. The highest BCUT2D eigenvalue weighted by atomic mass is 35.6. The number of amides is 1. The summed E-state index contributed by atoms with van der Waals surface area (Å²) in [5.41, 5.74) is -0.560. The number of aryl methyl sites for hydroxylation is 1. The van der Waals surface area contributed by atoms with Crippen LogP contribution >= 0.6 is 34.8 Å². The van der Waals surface area contributed by atoms with Crippen LogP contribution < -0.4 is 10.9 Å². The van der Waals surface area contributed by atoms with Gasteiger partial charge in [-0.25, -0.2) is 4.98 Å². The summed E-state index contributed by atoms with van der Waals surface area (Å²) in [4.78, 5) is 28.0. The van der Waals surface area contributed by atoms with Gasteiger partial charge >= 0.3 is 0 Å². The molecule has 1 atom stereocenters. The summed E-state index contributed by atoms with van der Waals surface area (Å²) in [6, 6.07) is 1.30. The van der Waals surface area contributed by atoms with Crippen LogP contribution in [0, 0.1) is 12.3 Å². The van der Waals surface area contributed by atoms with E-state index in [2.05, 4.69) is 10.3 Å². The zero-order valence-electron chi connectivity index (χ0n) is 11.6. The minimum atomic E-state index is -1.89. The van der Waals surface area contributed by atoms with Crippen LogP contribution in [-0.4, -0.2) is 19.3 Å². The van der Waals surface area contributed by atoms with Gasteiger partial charge in [0.15, 0.2) is 6.17 Å². The lowest BCUT2D eigenvalue weighted by molar-refractivity contribution is -0.129. The molecule has 8 heteroatoms. The monoisotopic (exact) mass is 339 g/mol. The number of nitrogens with zero attached hydrogens (tertiary/aromatic N) is 2. The van der Waals surface area contributed by atoms with E-state index in [1.807, 2.05) is 0 Å². The molecule has 0 unspecified atom stereocenters. The van der Waals surface area contributed by atoms with E-state index in [0.29, 0.717) is 5.69 Å². The number of hydrogen-bond acceptors (Lipinski definition) is 3. The fourth-order valence-corrected chi connectivity index (χ4v) is 1.82. The van der Waals surface area contributed by atoms with Crippen molar-refractivity contribution in [3.8, 4) is 0 Å². The molecule has 5 nitrogen and oxygen atoms in total. The molecule has 1 rings (SSSR count). The third-order valence-corrected chi connectivity index (χ3v) is 3.13. The molecule has 1 aromatic heterocycles. The third kappa shape index (κ3) is 4.36. The average molecular weight is 341 g/mol. The van der Waals surface area contributed by atoms with Crippen LogP contribution in [0.2, 0.25) is 0 Å². The maximum Gasteiger partial charge on any atom is 0.255 e. The maximum absolute atomic E-state index is 12.1. The molecular weight excluding hydrogens is 325 g/mol. The lowest BCUT2D eigenvalue weighted by atomic mass is 9.95. The molecule has 0 fully saturated rings. The lowest BCUT2D eigenvalue weighted by Gasteiger charge is -2.30. The Morgan fingerprint density at radius 2 is 1.90 bits per heavy atom. The number of aromatic nitrogens is 2. The summed E-state index contributed by atoms with van der Waals surface area (Å²) in [5.74, 6) is -0.346. The van der Waals surface area contributed by atoms with Crippen molar-refractivity contribution in [2.45, 2.75) is 37.7 Å². The lowest BCUT2D eigenvalue weighted by Crippen LogP contribution is -2.47. The predicted octanol–water partition coefficient (Wildman–Crippen LogP) is 2.58. The maximum atomic E-state index is 12.1. The van der Waals surface area contributed by atoms with Crippen molar-refractivity contribution < 1.29 is 4.79 Å².